The van der Waals surface area contributed by atoms with Crippen LogP contribution in [0.15, 0.2) is 48.5 Å². The number of benzene rings is 2. The second-order valence-electron chi connectivity index (χ2n) is 5.66. The van der Waals surface area contributed by atoms with Crippen LogP contribution >= 0.6 is 0 Å². The number of ether oxygens (including phenoxy) is 2. The van der Waals surface area contributed by atoms with E-state index in [4.69, 9.17) is 9.47 Å². The maximum Gasteiger partial charge on any atom is 0.227 e. The van der Waals surface area contributed by atoms with Crippen LogP contribution in [0.25, 0.3) is 0 Å². The summed E-state index contributed by atoms with van der Waals surface area (Å²) < 4.78 is 10.5. The first kappa shape index (κ1) is 17.9. The van der Waals surface area contributed by atoms with Gasteiger partial charge in [0.1, 0.15) is 0 Å². The van der Waals surface area contributed by atoms with Crippen molar-refractivity contribution in [3.8, 4) is 11.5 Å². The SMILES string of the molecule is CCCC(C(=O)NCc1ccc(OC)c(OC)c1)c1ccccc1. The zero-order chi connectivity index (χ0) is 17.4. The molecule has 0 saturated carbocycles. The van der Waals surface area contributed by atoms with E-state index in [2.05, 4.69) is 12.2 Å². The largest absolute Gasteiger partial charge is 0.493 e. The maximum absolute atomic E-state index is 12.6. The maximum atomic E-state index is 12.6. The molecule has 0 aliphatic carbocycles. The van der Waals surface area contributed by atoms with Gasteiger partial charge in [0.25, 0.3) is 0 Å². The summed E-state index contributed by atoms with van der Waals surface area (Å²) in [4.78, 5) is 12.6. The Hall–Kier alpha value is -2.49. The molecule has 128 valence electrons. The van der Waals surface area contributed by atoms with Crippen molar-refractivity contribution in [3.63, 3.8) is 0 Å². The van der Waals surface area contributed by atoms with Gasteiger partial charge in [-0.15, -0.1) is 0 Å². The molecule has 2 aromatic carbocycles. The molecule has 0 heterocycles. The van der Waals surface area contributed by atoms with Gasteiger partial charge in [-0.3, -0.25) is 4.79 Å². The van der Waals surface area contributed by atoms with E-state index in [1.54, 1.807) is 14.2 Å². The van der Waals surface area contributed by atoms with Crippen molar-refractivity contribution in [3.05, 3.63) is 59.7 Å². The predicted octanol–water partition coefficient (Wildman–Crippen LogP) is 3.90. The van der Waals surface area contributed by atoms with E-state index in [9.17, 15) is 4.79 Å². The summed E-state index contributed by atoms with van der Waals surface area (Å²) in [5, 5.41) is 3.04. The molecule has 1 atom stereocenters. The highest BCUT2D eigenvalue weighted by Crippen LogP contribution is 2.27. The van der Waals surface area contributed by atoms with Crippen LogP contribution in [-0.4, -0.2) is 20.1 Å². The number of amides is 1. The van der Waals surface area contributed by atoms with Crippen LogP contribution in [0.5, 0.6) is 11.5 Å². The summed E-state index contributed by atoms with van der Waals surface area (Å²) in [7, 11) is 3.21. The zero-order valence-electron chi connectivity index (χ0n) is 14.5. The van der Waals surface area contributed by atoms with E-state index in [0.29, 0.717) is 18.0 Å². The third kappa shape index (κ3) is 4.51. The molecule has 24 heavy (non-hydrogen) atoms. The minimum Gasteiger partial charge on any atom is -0.493 e. The highest BCUT2D eigenvalue weighted by atomic mass is 16.5. The van der Waals surface area contributed by atoms with Gasteiger partial charge in [0.05, 0.1) is 20.1 Å². The lowest BCUT2D eigenvalue weighted by Gasteiger charge is -2.17. The van der Waals surface area contributed by atoms with Gasteiger partial charge in [-0.1, -0.05) is 49.7 Å². The van der Waals surface area contributed by atoms with E-state index in [1.165, 1.54) is 0 Å². The fourth-order valence-electron chi connectivity index (χ4n) is 2.73. The lowest BCUT2D eigenvalue weighted by Crippen LogP contribution is -2.29. The third-order valence-corrected chi connectivity index (χ3v) is 4.01. The Morgan fingerprint density at radius 2 is 1.75 bits per heavy atom. The average molecular weight is 327 g/mol. The van der Waals surface area contributed by atoms with Gasteiger partial charge in [0, 0.05) is 6.54 Å². The van der Waals surface area contributed by atoms with Crippen LogP contribution in [-0.2, 0) is 11.3 Å². The summed E-state index contributed by atoms with van der Waals surface area (Å²) >= 11 is 0. The molecule has 1 unspecified atom stereocenters. The van der Waals surface area contributed by atoms with Crippen LogP contribution in [0.1, 0.15) is 36.8 Å². The Morgan fingerprint density at radius 1 is 1.04 bits per heavy atom. The molecule has 0 fully saturated rings. The molecule has 0 radical (unpaired) electrons. The molecule has 0 saturated heterocycles. The summed E-state index contributed by atoms with van der Waals surface area (Å²) in [6, 6.07) is 15.6. The van der Waals surface area contributed by atoms with E-state index in [0.717, 1.165) is 24.0 Å². The van der Waals surface area contributed by atoms with Crippen molar-refractivity contribution in [2.45, 2.75) is 32.2 Å². The monoisotopic (exact) mass is 327 g/mol. The van der Waals surface area contributed by atoms with E-state index in [1.807, 2.05) is 48.5 Å². The van der Waals surface area contributed by atoms with Crippen LogP contribution < -0.4 is 14.8 Å². The Labute approximate surface area is 143 Å². The molecule has 2 aromatic rings. The lowest BCUT2D eigenvalue weighted by atomic mass is 9.93. The molecular formula is C20H25NO3. The van der Waals surface area contributed by atoms with Crippen LogP contribution in [0.3, 0.4) is 0 Å². The molecule has 0 bridgehead atoms. The van der Waals surface area contributed by atoms with Gasteiger partial charge in [-0.2, -0.15) is 0 Å². The first-order valence-corrected chi connectivity index (χ1v) is 8.23. The van der Waals surface area contributed by atoms with Gasteiger partial charge in [0.15, 0.2) is 11.5 Å². The highest BCUT2D eigenvalue weighted by Gasteiger charge is 2.19. The van der Waals surface area contributed by atoms with Gasteiger partial charge in [-0.05, 0) is 29.7 Å². The second kappa shape index (κ2) is 8.96. The number of nitrogens with one attached hydrogen (secondary N) is 1. The average Bonchev–Trinajstić information content (AvgIpc) is 2.64. The van der Waals surface area contributed by atoms with Gasteiger partial charge in [0.2, 0.25) is 5.91 Å². The molecule has 4 heteroatoms. The van der Waals surface area contributed by atoms with Crippen molar-refractivity contribution in [1.29, 1.82) is 0 Å². The van der Waals surface area contributed by atoms with Gasteiger partial charge in [-0.25, -0.2) is 0 Å². The Bertz CT molecular complexity index is 655. The number of carbonyl (C=O) groups is 1. The van der Waals surface area contributed by atoms with Crippen LogP contribution in [0.2, 0.25) is 0 Å². The topological polar surface area (TPSA) is 47.6 Å². The summed E-state index contributed by atoms with van der Waals surface area (Å²) in [6.45, 7) is 2.56. The summed E-state index contributed by atoms with van der Waals surface area (Å²) in [6.07, 6.45) is 1.80. The molecule has 0 spiro atoms. The van der Waals surface area contributed by atoms with E-state index >= 15 is 0 Å². The quantitative estimate of drug-likeness (QED) is 0.800. The van der Waals surface area contributed by atoms with Crippen molar-refractivity contribution in [1.82, 2.24) is 5.32 Å². The van der Waals surface area contributed by atoms with Crippen LogP contribution in [0.4, 0.5) is 0 Å². The standard InChI is InChI=1S/C20H25NO3/c1-4-8-17(16-9-6-5-7-10-16)20(22)21-14-15-11-12-18(23-2)19(13-15)24-3/h5-7,9-13,17H,4,8,14H2,1-3H3,(H,21,22). The van der Waals surface area contributed by atoms with E-state index in [-0.39, 0.29) is 11.8 Å². The van der Waals surface area contributed by atoms with Crippen molar-refractivity contribution in [2.75, 3.05) is 14.2 Å². The van der Waals surface area contributed by atoms with Crippen molar-refractivity contribution >= 4 is 5.91 Å². The molecular weight excluding hydrogens is 302 g/mol. The fraction of sp³-hybridized carbons (Fsp3) is 0.350. The van der Waals surface area contributed by atoms with Crippen molar-refractivity contribution < 1.29 is 14.3 Å². The summed E-state index contributed by atoms with van der Waals surface area (Å²) in [5.74, 6) is 1.28. The van der Waals surface area contributed by atoms with Gasteiger partial charge >= 0.3 is 0 Å². The smallest absolute Gasteiger partial charge is 0.227 e. The van der Waals surface area contributed by atoms with E-state index < -0.39 is 0 Å². The highest BCUT2D eigenvalue weighted by molar-refractivity contribution is 5.83. The number of hydrogen-bond donors (Lipinski definition) is 1. The minimum atomic E-state index is -0.114. The molecule has 2 rings (SSSR count). The molecule has 0 aromatic heterocycles. The Balaban J connectivity index is 2.05. The Kier molecular flexibility index (Phi) is 6.67. The minimum absolute atomic E-state index is 0.0536. The number of methoxy groups -OCH3 is 2. The fourth-order valence-corrected chi connectivity index (χ4v) is 2.73. The molecule has 4 nitrogen and oxygen atoms in total. The predicted molar refractivity (Wildman–Crippen MR) is 95.5 cm³/mol. The van der Waals surface area contributed by atoms with Crippen LogP contribution in [0, 0.1) is 0 Å². The first-order valence-electron chi connectivity index (χ1n) is 8.23. The molecule has 1 N–H and O–H groups in total. The molecule has 0 aliphatic rings. The third-order valence-electron chi connectivity index (χ3n) is 4.01. The number of hydrogen-bond acceptors (Lipinski definition) is 3. The van der Waals surface area contributed by atoms with Gasteiger partial charge < -0.3 is 14.8 Å². The number of carbonyl (C=O) groups excluding carboxylic acids is 1. The zero-order valence-corrected chi connectivity index (χ0v) is 14.5. The normalized spacial score (nSPS) is 11.6. The number of rotatable bonds is 8. The second-order valence-corrected chi connectivity index (χ2v) is 5.66. The molecule has 1 amide bonds. The summed E-state index contributed by atoms with van der Waals surface area (Å²) in [5.41, 5.74) is 2.04. The Morgan fingerprint density at radius 3 is 2.38 bits per heavy atom. The lowest BCUT2D eigenvalue weighted by molar-refractivity contribution is -0.122. The van der Waals surface area contributed by atoms with Crippen molar-refractivity contribution in [2.24, 2.45) is 0 Å². The molecule has 0 aliphatic heterocycles. The first-order chi connectivity index (χ1) is 11.7.